The van der Waals surface area contributed by atoms with E-state index in [9.17, 15) is 4.79 Å². The molecule has 0 radical (unpaired) electrons. The van der Waals surface area contributed by atoms with E-state index in [1.54, 1.807) is 17.5 Å². The molecule has 0 unspecified atom stereocenters. The summed E-state index contributed by atoms with van der Waals surface area (Å²) >= 11 is 7.89. The van der Waals surface area contributed by atoms with Crippen molar-refractivity contribution in [2.24, 2.45) is 0 Å². The van der Waals surface area contributed by atoms with Crippen LogP contribution in [0.4, 0.5) is 0 Å². The Labute approximate surface area is 151 Å². The van der Waals surface area contributed by atoms with Crippen molar-refractivity contribution in [3.05, 3.63) is 32.6 Å². The minimum Gasteiger partial charge on any atom is -0.370 e. The van der Waals surface area contributed by atoms with Crippen molar-refractivity contribution >= 4 is 35.1 Å². The van der Waals surface area contributed by atoms with Crippen LogP contribution in [0.15, 0.2) is 17.8 Å². The Morgan fingerprint density at radius 2 is 2.29 bits per heavy atom. The summed E-state index contributed by atoms with van der Waals surface area (Å²) in [6.07, 6.45) is 5.73. The van der Waals surface area contributed by atoms with E-state index in [0.29, 0.717) is 6.54 Å². The van der Waals surface area contributed by atoms with Gasteiger partial charge in [-0.2, -0.15) is 0 Å². The number of rotatable bonds is 4. The number of ether oxygens (including phenoxy) is 1. The lowest BCUT2D eigenvalue weighted by atomic mass is 9.82. The third-order valence-electron chi connectivity index (χ3n) is 4.69. The molecule has 1 aromatic heterocycles. The Balaban J connectivity index is 1.65. The summed E-state index contributed by atoms with van der Waals surface area (Å²) in [6.45, 7) is 4.69. The molecule has 24 heavy (non-hydrogen) atoms. The molecule has 3 rings (SSSR count). The molecule has 0 aliphatic carbocycles. The maximum absolute atomic E-state index is 11.0. The Hall–Kier alpha value is -1.21. The maximum Gasteiger partial charge on any atom is 0.220 e. The SMILES string of the molecule is CC(=O)N/C=C(\C=N)CN1CCC2(CC1)OCCc1sc(Cl)cc12. The topological polar surface area (TPSA) is 65.4 Å². The van der Waals surface area contributed by atoms with Crippen LogP contribution in [0, 0.1) is 5.41 Å². The first kappa shape index (κ1) is 17.6. The fraction of sp³-hybridized carbons (Fsp3) is 0.529. The summed E-state index contributed by atoms with van der Waals surface area (Å²) in [5.74, 6) is -0.121. The van der Waals surface area contributed by atoms with E-state index in [-0.39, 0.29) is 11.5 Å². The van der Waals surface area contributed by atoms with E-state index >= 15 is 0 Å². The molecule has 1 amide bonds. The standard InChI is InChI=1S/C17H22ClN3O2S/c1-12(22)20-10-13(9-19)11-21-5-3-17(4-6-21)14-8-16(18)24-15(14)2-7-23-17/h8-10,19H,2-7,11H2,1H3,(H,20,22)/b13-10+,19-9?. The Morgan fingerprint density at radius 3 is 2.96 bits per heavy atom. The number of hydrogen-bond donors (Lipinski definition) is 2. The van der Waals surface area contributed by atoms with Crippen LogP contribution in [0.3, 0.4) is 0 Å². The van der Waals surface area contributed by atoms with Crippen LogP contribution in [0.5, 0.6) is 0 Å². The van der Waals surface area contributed by atoms with Crippen molar-refractivity contribution in [3.8, 4) is 0 Å². The average molecular weight is 368 g/mol. The van der Waals surface area contributed by atoms with Crippen molar-refractivity contribution in [2.75, 3.05) is 26.2 Å². The van der Waals surface area contributed by atoms with E-state index < -0.39 is 0 Å². The zero-order valence-electron chi connectivity index (χ0n) is 13.7. The monoisotopic (exact) mass is 367 g/mol. The normalized spacial score (nSPS) is 20.7. The van der Waals surface area contributed by atoms with Gasteiger partial charge in [-0.15, -0.1) is 11.3 Å². The van der Waals surface area contributed by atoms with Gasteiger partial charge in [0.2, 0.25) is 5.91 Å². The minimum atomic E-state index is -0.195. The van der Waals surface area contributed by atoms with Gasteiger partial charge in [0.15, 0.2) is 0 Å². The van der Waals surface area contributed by atoms with Gasteiger partial charge in [0, 0.05) is 50.3 Å². The van der Waals surface area contributed by atoms with E-state index in [0.717, 1.165) is 48.9 Å². The molecule has 2 aliphatic heterocycles. The van der Waals surface area contributed by atoms with Gasteiger partial charge in [-0.25, -0.2) is 0 Å². The predicted octanol–water partition coefficient (Wildman–Crippen LogP) is 2.93. The van der Waals surface area contributed by atoms with Crippen LogP contribution in [0.1, 0.15) is 30.2 Å². The van der Waals surface area contributed by atoms with Gasteiger partial charge in [0.25, 0.3) is 0 Å². The molecule has 0 aromatic carbocycles. The van der Waals surface area contributed by atoms with E-state index in [1.165, 1.54) is 23.6 Å². The number of nitrogens with zero attached hydrogens (tertiary/aromatic N) is 1. The van der Waals surface area contributed by atoms with Crippen molar-refractivity contribution < 1.29 is 9.53 Å². The molecular weight excluding hydrogens is 346 g/mol. The van der Waals surface area contributed by atoms with Crippen molar-refractivity contribution in [2.45, 2.75) is 31.8 Å². The first-order chi connectivity index (χ1) is 11.5. The van der Waals surface area contributed by atoms with Crippen LogP contribution in [-0.2, 0) is 21.6 Å². The summed E-state index contributed by atoms with van der Waals surface area (Å²) in [7, 11) is 0. The number of carbonyl (C=O) groups is 1. The van der Waals surface area contributed by atoms with Gasteiger partial charge in [-0.05, 0) is 30.0 Å². The fourth-order valence-corrected chi connectivity index (χ4v) is 4.80. The van der Waals surface area contributed by atoms with Crippen molar-refractivity contribution in [1.82, 2.24) is 10.2 Å². The molecule has 2 aliphatic rings. The lowest BCUT2D eigenvalue weighted by Crippen LogP contribution is -2.46. The molecule has 3 heterocycles. The molecule has 0 saturated carbocycles. The van der Waals surface area contributed by atoms with Gasteiger partial charge in [0.05, 0.1) is 16.5 Å². The second-order valence-corrected chi connectivity index (χ2v) is 8.09. The number of piperidine rings is 1. The zero-order valence-corrected chi connectivity index (χ0v) is 15.3. The minimum absolute atomic E-state index is 0.121. The number of thiophene rings is 1. The number of nitrogens with one attached hydrogen (secondary N) is 2. The number of amides is 1. The van der Waals surface area contributed by atoms with Crippen molar-refractivity contribution in [1.29, 1.82) is 5.41 Å². The molecule has 130 valence electrons. The summed E-state index contributed by atoms with van der Waals surface area (Å²) in [6, 6.07) is 2.08. The second kappa shape index (κ2) is 7.35. The molecule has 1 aromatic rings. The van der Waals surface area contributed by atoms with Crippen molar-refractivity contribution in [3.63, 3.8) is 0 Å². The maximum atomic E-state index is 11.0. The van der Waals surface area contributed by atoms with Crippen LogP contribution in [0.25, 0.3) is 0 Å². The average Bonchev–Trinajstić information content (AvgIpc) is 2.95. The van der Waals surface area contributed by atoms with Gasteiger partial charge in [0.1, 0.15) is 0 Å². The molecular formula is C17H22ClN3O2S. The van der Waals surface area contributed by atoms with E-state index in [4.69, 9.17) is 21.7 Å². The third-order valence-corrected chi connectivity index (χ3v) is 6.02. The summed E-state index contributed by atoms with van der Waals surface area (Å²) in [4.78, 5) is 14.7. The van der Waals surface area contributed by atoms with E-state index in [2.05, 4.69) is 16.3 Å². The molecule has 0 atom stereocenters. The largest absolute Gasteiger partial charge is 0.370 e. The number of fused-ring (bicyclic) bond motifs is 2. The highest BCUT2D eigenvalue weighted by atomic mass is 35.5. The number of likely N-dealkylation sites (tertiary alicyclic amines) is 1. The molecule has 7 heteroatoms. The highest BCUT2D eigenvalue weighted by Crippen LogP contribution is 2.45. The summed E-state index contributed by atoms with van der Waals surface area (Å²) in [5, 5.41) is 10.1. The molecule has 1 fully saturated rings. The molecule has 0 bridgehead atoms. The predicted molar refractivity (Wildman–Crippen MR) is 97.0 cm³/mol. The van der Waals surface area contributed by atoms with Gasteiger partial charge >= 0.3 is 0 Å². The lowest BCUT2D eigenvalue weighted by Gasteiger charge is -2.44. The Kier molecular flexibility index (Phi) is 5.39. The highest BCUT2D eigenvalue weighted by molar-refractivity contribution is 7.16. The van der Waals surface area contributed by atoms with Gasteiger partial charge in [-0.3, -0.25) is 9.69 Å². The van der Waals surface area contributed by atoms with E-state index in [1.807, 2.05) is 0 Å². The molecule has 1 saturated heterocycles. The third kappa shape index (κ3) is 3.72. The molecule has 2 N–H and O–H groups in total. The second-order valence-electron chi connectivity index (χ2n) is 6.32. The summed E-state index contributed by atoms with van der Waals surface area (Å²) in [5.41, 5.74) is 1.88. The van der Waals surface area contributed by atoms with Crippen LogP contribution < -0.4 is 5.32 Å². The molecule has 1 spiro atoms. The number of halogens is 1. The van der Waals surface area contributed by atoms with Crippen LogP contribution >= 0.6 is 22.9 Å². The Morgan fingerprint density at radius 1 is 1.54 bits per heavy atom. The summed E-state index contributed by atoms with van der Waals surface area (Å²) < 4.78 is 7.05. The van der Waals surface area contributed by atoms with Gasteiger partial charge in [-0.1, -0.05) is 11.6 Å². The van der Waals surface area contributed by atoms with Gasteiger partial charge < -0.3 is 15.5 Å². The molecule has 5 nitrogen and oxygen atoms in total. The number of carbonyl (C=O) groups excluding carboxylic acids is 1. The first-order valence-electron chi connectivity index (χ1n) is 8.14. The quantitative estimate of drug-likeness (QED) is 0.804. The smallest absolute Gasteiger partial charge is 0.220 e. The first-order valence-corrected chi connectivity index (χ1v) is 9.33. The highest BCUT2D eigenvalue weighted by Gasteiger charge is 2.41. The fourth-order valence-electron chi connectivity index (χ4n) is 3.46. The zero-order chi connectivity index (χ0) is 17.2. The number of hydrogen-bond acceptors (Lipinski definition) is 5. The van der Waals surface area contributed by atoms with Crippen LogP contribution in [0.2, 0.25) is 4.34 Å². The lowest BCUT2D eigenvalue weighted by molar-refractivity contribution is -0.118. The Bertz CT molecular complexity index is 663. The van der Waals surface area contributed by atoms with Crippen LogP contribution in [-0.4, -0.2) is 43.3 Å².